The van der Waals surface area contributed by atoms with E-state index in [1.165, 1.54) is 4.90 Å². The Labute approximate surface area is 119 Å². The molecule has 0 saturated heterocycles. The Morgan fingerprint density at radius 3 is 2.60 bits per heavy atom. The van der Waals surface area contributed by atoms with Gasteiger partial charge in [-0.25, -0.2) is 0 Å². The van der Waals surface area contributed by atoms with Gasteiger partial charge in [-0.05, 0) is 12.1 Å². The summed E-state index contributed by atoms with van der Waals surface area (Å²) in [5, 5.41) is 0. The van der Waals surface area contributed by atoms with Gasteiger partial charge >= 0.3 is 0 Å². The molecular weight excluding hydrogens is 254 g/mol. The molecule has 0 fully saturated rings. The number of carbonyl (C=O) groups is 2. The summed E-state index contributed by atoms with van der Waals surface area (Å²) in [6.07, 6.45) is 0.896. The van der Waals surface area contributed by atoms with Crippen molar-refractivity contribution in [2.24, 2.45) is 0 Å². The molecule has 0 aromatic heterocycles. The van der Waals surface area contributed by atoms with Crippen LogP contribution in [0.25, 0.3) is 0 Å². The molecule has 0 atom stereocenters. The highest BCUT2D eigenvalue weighted by atomic mass is 16.2. The van der Waals surface area contributed by atoms with Gasteiger partial charge in [-0.15, -0.1) is 0 Å². The summed E-state index contributed by atoms with van der Waals surface area (Å²) >= 11 is 0. The average Bonchev–Trinajstić information content (AvgIpc) is 2.51. The fourth-order valence-corrected chi connectivity index (χ4v) is 2.40. The van der Waals surface area contributed by atoms with E-state index >= 15 is 0 Å². The number of likely N-dealkylation sites (N-methyl/N-ethyl adjacent to an activating group) is 1. The lowest BCUT2D eigenvalue weighted by molar-refractivity contribution is -0.858. The van der Waals surface area contributed by atoms with Crippen LogP contribution in [-0.2, 0) is 4.79 Å². The molecule has 2 amide bonds. The minimum atomic E-state index is -0.0490. The first-order valence-electron chi connectivity index (χ1n) is 6.94. The Kier molecular flexibility index (Phi) is 4.39. The van der Waals surface area contributed by atoms with Crippen molar-refractivity contribution in [3.05, 3.63) is 29.8 Å². The predicted molar refractivity (Wildman–Crippen MR) is 78.1 cm³/mol. The van der Waals surface area contributed by atoms with Gasteiger partial charge in [-0.2, -0.15) is 0 Å². The first kappa shape index (κ1) is 14.5. The van der Waals surface area contributed by atoms with E-state index in [9.17, 15) is 9.59 Å². The predicted octanol–water partition coefficient (Wildman–Crippen LogP) is -0.360. The molecule has 2 rings (SSSR count). The highest BCUT2D eigenvalue weighted by Crippen LogP contribution is 2.24. The summed E-state index contributed by atoms with van der Waals surface area (Å²) in [6, 6.07) is 7.29. The van der Waals surface area contributed by atoms with E-state index in [1.807, 2.05) is 18.2 Å². The molecule has 1 aromatic carbocycles. The molecule has 5 nitrogen and oxygen atoms in total. The second-order valence-corrected chi connectivity index (χ2v) is 5.51. The number of quaternary nitrogens is 1. The SMILES string of the molecule is CN1C(=O)CN(CCC[NH+](C)C)C(=O)c2ccccc21. The maximum absolute atomic E-state index is 12.5. The fraction of sp³-hybridized carbons (Fsp3) is 0.467. The van der Waals surface area contributed by atoms with Crippen molar-refractivity contribution in [2.75, 3.05) is 45.7 Å². The van der Waals surface area contributed by atoms with Crippen molar-refractivity contribution in [1.82, 2.24) is 4.90 Å². The maximum atomic E-state index is 12.5. The molecule has 20 heavy (non-hydrogen) atoms. The van der Waals surface area contributed by atoms with E-state index in [0.29, 0.717) is 17.8 Å². The Morgan fingerprint density at radius 1 is 1.20 bits per heavy atom. The van der Waals surface area contributed by atoms with Crippen LogP contribution in [0.1, 0.15) is 16.8 Å². The summed E-state index contributed by atoms with van der Waals surface area (Å²) < 4.78 is 0. The number of para-hydroxylation sites is 1. The first-order valence-corrected chi connectivity index (χ1v) is 6.94. The van der Waals surface area contributed by atoms with Gasteiger partial charge in [0.1, 0.15) is 6.54 Å². The lowest BCUT2D eigenvalue weighted by Crippen LogP contribution is -3.05. The van der Waals surface area contributed by atoms with Crippen LogP contribution in [0.4, 0.5) is 5.69 Å². The molecule has 5 heteroatoms. The standard InChI is InChI=1S/C15H21N3O2/c1-16(2)9-6-10-18-11-14(19)17(3)13-8-5-4-7-12(13)15(18)20/h4-5,7-8H,6,9-11H2,1-3H3/p+1. The third-order valence-electron chi connectivity index (χ3n) is 3.59. The Balaban J connectivity index is 2.21. The summed E-state index contributed by atoms with van der Waals surface area (Å²) in [5.41, 5.74) is 1.31. The van der Waals surface area contributed by atoms with Crippen molar-refractivity contribution in [3.63, 3.8) is 0 Å². The minimum Gasteiger partial charge on any atom is -0.340 e. The van der Waals surface area contributed by atoms with Gasteiger partial charge < -0.3 is 14.7 Å². The van der Waals surface area contributed by atoms with Gasteiger partial charge in [0.25, 0.3) is 5.91 Å². The van der Waals surface area contributed by atoms with Gasteiger partial charge in [0, 0.05) is 20.0 Å². The van der Waals surface area contributed by atoms with Crippen molar-refractivity contribution in [3.8, 4) is 0 Å². The second kappa shape index (κ2) is 6.05. The largest absolute Gasteiger partial charge is 0.340 e. The van der Waals surface area contributed by atoms with Crippen LogP contribution < -0.4 is 9.80 Å². The van der Waals surface area contributed by atoms with E-state index in [1.54, 1.807) is 22.9 Å². The van der Waals surface area contributed by atoms with E-state index in [4.69, 9.17) is 0 Å². The van der Waals surface area contributed by atoms with Gasteiger partial charge in [0.05, 0.1) is 31.9 Å². The molecule has 0 radical (unpaired) electrons. The van der Waals surface area contributed by atoms with E-state index in [-0.39, 0.29) is 18.4 Å². The minimum absolute atomic E-state index is 0.0412. The van der Waals surface area contributed by atoms with Crippen molar-refractivity contribution in [1.29, 1.82) is 0 Å². The summed E-state index contributed by atoms with van der Waals surface area (Å²) in [6.45, 7) is 1.76. The fourth-order valence-electron chi connectivity index (χ4n) is 2.40. The second-order valence-electron chi connectivity index (χ2n) is 5.51. The molecular formula is C15H22N3O2+. The molecule has 0 spiro atoms. The number of anilines is 1. The van der Waals surface area contributed by atoms with Crippen LogP contribution in [0.15, 0.2) is 24.3 Å². The molecule has 1 aliphatic heterocycles. The number of benzene rings is 1. The Hall–Kier alpha value is -1.88. The number of rotatable bonds is 4. The zero-order valence-electron chi connectivity index (χ0n) is 12.3. The van der Waals surface area contributed by atoms with Crippen LogP contribution in [0.2, 0.25) is 0 Å². The Bertz CT molecular complexity index is 514. The highest BCUT2D eigenvalue weighted by Gasteiger charge is 2.28. The number of nitrogens with one attached hydrogen (secondary N) is 1. The van der Waals surface area contributed by atoms with E-state index in [2.05, 4.69) is 14.1 Å². The maximum Gasteiger partial charge on any atom is 0.256 e. The normalized spacial score (nSPS) is 15.6. The monoisotopic (exact) mass is 276 g/mol. The smallest absolute Gasteiger partial charge is 0.256 e. The van der Waals surface area contributed by atoms with Crippen LogP contribution >= 0.6 is 0 Å². The average molecular weight is 276 g/mol. The molecule has 1 aromatic rings. The van der Waals surface area contributed by atoms with Gasteiger partial charge in [-0.1, -0.05) is 12.1 Å². The van der Waals surface area contributed by atoms with Gasteiger partial charge in [0.15, 0.2) is 0 Å². The topological polar surface area (TPSA) is 45.1 Å². The summed E-state index contributed by atoms with van der Waals surface area (Å²) in [5.74, 6) is -0.0902. The molecule has 0 bridgehead atoms. The molecule has 1 aliphatic rings. The van der Waals surface area contributed by atoms with Gasteiger partial charge in [-0.3, -0.25) is 9.59 Å². The number of carbonyl (C=O) groups excluding carboxylic acids is 2. The van der Waals surface area contributed by atoms with E-state index in [0.717, 1.165) is 13.0 Å². The van der Waals surface area contributed by atoms with Crippen LogP contribution in [-0.4, -0.2) is 57.5 Å². The Morgan fingerprint density at radius 2 is 1.90 bits per heavy atom. The number of fused-ring (bicyclic) bond motifs is 1. The third-order valence-corrected chi connectivity index (χ3v) is 3.59. The zero-order chi connectivity index (χ0) is 14.7. The summed E-state index contributed by atoms with van der Waals surface area (Å²) in [4.78, 5) is 29.3. The van der Waals surface area contributed by atoms with Crippen LogP contribution in [0.5, 0.6) is 0 Å². The van der Waals surface area contributed by atoms with Crippen molar-refractivity contribution < 1.29 is 14.5 Å². The molecule has 108 valence electrons. The zero-order valence-corrected chi connectivity index (χ0v) is 12.3. The quantitative estimate of drug-likeness (QED) is 0.816. The lowest BCUT2D eigenvalue weighted by Gasteiger charge is -2.20. The number of amides is 2. The van der Waals surface area contributed by atoms with Crippen molar-refractivity contribution in [2.45, 2.75) is 6.42 Å². The number of hydrogen-bond donors (Lipinski definition) is 1. The number of hydrogen-bond acceptors (Lipinski definition) is 2. The number of nitrogens with zero attached hydrogens (tertiary/aromatic N) is 2. The molecule has 0 saturated carbocycles. The lowest BCUT2D eigenvalue weighted by atomic mass is 10.1. The molecule has 1 N–H and O–H groups in total. The molecule has 0 aliphatic carbocycles. The van der Waals surface area contributed by atoms with E-state index < -0.39 is 0 Å². The highest BCUT2D eigenvalue weighted by molar-refractivity contribution is 6.09. The third kappa shape index (κ3) is 2.99. The summed E-state index contributed by atoms with van der Waals surface area (Å²) in [7, 11) is 5.89. The van der Waals surface area contributed by atoms with Crippen LogP contribution in [0.3, 0.4) is 0 Å². The van der Waals surface area contributed by atoms with Crippen molar-refractivity contribution >= 4 is 17.5 Å². The molecule has 1 heterocycles. The van der Waals surface area contributed by atoms with Gasteiger partial charge in [0.2, 0.25) is 5.91 Å². The molecule has 0 unspecified atom stereocenters. The first-order chi connectivity index (χ1) is 9.50. The van der Waals surface area contributed by atoms with Crippen LogP contribution in [0, 0.1) is 0 Å².